The number of esters is 1. The highest BCUT2D eigenvalue weighted by molar-refractivity contribution is 7.85. The fraction of sp³-hybridized carbons (Fsp3) is 0.900. The van der Waals surface area contributed by atoms with Gasteiger partial charge in [-0.1, -0.05) is 6.92 Å². The number of carbonyl (C=O) groups is 1. The fourth-order valence-electron chi connectivity index (χ4n) is 1.05. The Bertz CT molecular complexity index is 372. The van der Waals surface area contributed by atoms with E-state index in [2.05, 4.69) is 0 Å². The van der Waals surface area contributed by atoms with Gasteiger partial charge in [-0.05, 0) is 20.3 Å². The van der Waals surface area contributed by atoms with Gasteiger partial charge in [0, 0.05) is 0 Å². The van der Waals surface area contributed by atoms with Crippen molar-refractivity contribution in [3.63, 3.8) is 0 Å². The molecule has 0 saturated carbocycles. The Morgan fingerprint density at radius 1 is 1.35 bits per heavy atom. The molecular weight excluding hydrogens is 246 g/mol. The smallest absolute Gasteiger partial charge is 0.316 e. The summed E-state index contributed by atoms with van der Waals surface area (Å²) in [5.41, 5.74) is -0.585. The molecule has 0 spiro atoms. The molecule has 6 nitrogen and oxygen atoms in total. The quantitative estimate of drug-likeness (QED) is 0.334. The Labute approximate surface area is 103 Å². The van der Waals surface area contributed by atoms with Crippen molar-refractivity contribution in [2.24, 2.45) is 5.41 Å². The molecule has 7 heteroatoms. The zero-order valence-electron chi connectivity index (χ0n) is 11.1. The highest BCUT2D eigenvalue weighted by atomic mass is 32.2. The molecule has 0 fully saturated rings. The van der Waals surface area contributed by atoms with Crippen molar-refractivity contribution >= 4 is 16.1 Å². The average Bonchev–Trinajstić information content (AvgIpc) is 2.10. The number of quaternary nitrogens is 1. The van der Waals surface area contributed by atoms with Gasteiger partial charge in [-0.15, -0.1) is 0 Å². The van der Waals surface area contributed by atoms with E-state index in [1.807, 2.05) is 6.92 Å². The van der Waals surface area contributed by atoms with E-state index in [0.717, 1.165) is 0 Å². The summed E-state index contributed by atoms with van der Waals surface area (Å²) in [7, 11) is -0.979. The van der Waals surface area contributed by atoms with Crippen molar-refractivity contribution < 1.29 is 27.0 Å². The number of rotatable bonds is 6. The molecule has 0 aliphatic heterocycles. The largest absolute Gasteiger partial charge is 0.415 e. The van der Waals surface area contributed by atoms with Crippen molar-refractivity contribution in [2.45, 2.75) is 27.2 Å². The first-order valence-electron chi connectivity index (χ1n) is 5.34. The van der Waals surface area contributed by atoms with Crippen LogP contribution in [-0.4, -0.2) is 50.1 Å². The minimum absolute atomic E-state index is 0.0952. The van der Waals surface area contributed by atoms with E-state index in [1.54, 1.807) is 27.9 Å². The molecule has 0 unspecified atom stereocenters. The second kappa shape index (κ2) is 5.32. The number of hydrogen-bond acceptors (Lipinski definition) is 4. The summed E-state index contributed by atoms with van der Waals surface area (Å²) < 4.78 is 35.2. The predicted octanol–water partition coefficient (Wildman–Crippen LogP) is 0.845. The van der Waals surface area contributed by atoms with Crippen LogP contribution in [-0.2, 0) is 19.6 Å². The molecule has 0 heterocycles. The van der Waals surface area contributed by atoms with Crippen molar-refractivity contribution in [1.29, 1.82) is 0 Å². The van der Waals surface area contributed by atoms with Crippen LogP contribution in [0.5, 0.6) is 0 Å². The van der Waals surface area contributed by atoms with Crippen molar-refractivity contribution in [3.05, 3.63) is 0 Å². The van der Waals surface area contributed by atoms with E-state index in [9.17, 15) is 13.2 Å². The average molecular weight is 268 g/mol. The van der Waals surface area contributed by atoms with Gasteiger partial charge in [-0.3, -0.25) is 13.8 Å². The molecule has 0 aliphatic rings. The maximum Gasteiger partial charge on any atom is 0.316 e. The van der Waals surface area contributed by atoms with Crippen molar-refractivity contribution in [2.75, 3.05) is 26.7 Å². The Morgan fingerprint density at radius 3 is 2.18 bits per heavy atom. The van der Waals surface area contributed by atoms with Crippen LogP contribution in [0.15, 0.2) is 0 Å². The Hall–Kier alpha value is -0.660. The molecule has 0 aromatic carbocycles. The Kier molecular flexibility index (Phi) is 5.12. The Balaban J connectivity index is 4.43. The SMILES string of the molecule is CCC(C)(C)C(=O)OC[N+](C)(C)CS(=O)(=O)O. The molecule has 0 atom stereocenters. The minimum Gasteiger partial charge on any atom is -0.415 e. The van der Waals surface area contributed by atoms with Gasteiger partial charge in [0.2, 0.25) is 12.6 Å². The van der Waals surface area contributed by atoms with Gasteiger partial charge < -0.3 is 4.74 Å². The van der Waals surface area contributed by atoms with Crippen LogP contribution in [0.4, 0.5) is 0 Å². The van der Waals surface area contributed by atoms with E-state index in [4.69, 9.17) is 9.29 Å². The molecular formula is C10H22NO5S+. The van der Waals surface area contributed by atoms with Gasteiger partial charge in [0.25, 0.3) is 0 Å². The van der Waals surface area contributed by atoms with E-state index >= 15 is 0 Å². The van der Waals surface area contributed by atoms with Crippen LogP contribution in [0.25, 0.3) is 0 Å². The lowest BCUT2D eigenvalue weighted by atomic mass is 9.91. The van der Waals surface area contributed by atoms with Gasteiger partial charge in [-0.25, -0.2) is 0 Å². The summed E-state index contributed by atoms with van der Waals surface area (Å²) in [5.74, 6) is -0.867. The molecule has 102 valence electrons. The van der Waals surface area contributed by atoms with Gasteiger partial charge >= 0.3 is 16.1 Å². The zero-order chi connectivity index (χ0) is 13.9. The number of ether oxygens (including phenoxy) is 1. The predicted molar refractivity (Wildman–Crippen MR) is 63.6 cm³/mol. The summed E-state index contributed by atoms with van der Waals surface area (Å²) in [6.07, 6.45) is 0.636. The summed E-state index contributed by atoms with van der Waals surface area (Å²) in [5, 5.41) is 0. The van der Waals surface area contributed by atoms with E-state index in [0.29, 0.717) is 6.42 Å². The zero-order valence-corrected chi connectivity index (χ0v) is 11.9. The van der Waals surface area contributed by atoms with E-state index in [1.165, 1.54) is 0 Å². The molecule has 0 aromatic heterocycles. The first kappa shape index (κ1) is 16.3. The number of hydrogen-bond donors (Lipinski definition) is 1. The fourth-order valence-corrected chi connectivity index (χ4v) is 2.01. The standard InChI is InChI=1S/C10H21NO5S/c1-6-10(2,3)9(12)16-7-11(4,5)8-17(13,14)15/h6-8H2,1-5H3/p+1. The number of carbonyl (C=O) groups excluding carboxylic acids is 1. The third-order valence-electron chi connectivity index (χ3n) is 2.49. The maximum atomic E-state index is 11.7. The van der Waals surface area contributed by atoms with Crippen molar-refractivity contribution in [3.8, 4) is 0 Å². The van der Waals surface area contributed by atoms with Crippen LogP contribution < -0.4 is 0 Å². The molecule has 1 N–H and O–H groups in total. The monoisotopic (exact) mass is 268 g/mol. The topological polar surface area (TPSA) is 80.7 Å². The van der Waals surface area contributed by atoms with Crippen LogP contribution in [0.3, 0.4) is 0 Å². The van der Waals surface area contributed by atoms with Gasteiger partial charge in [0.1, 0.15) is 0 Å². The Morgan fingerprint density at radius 2 is 1.82 bits per heavy atom. The second-order valence-corrected chi connectivity index (χ2v) is 6.87. The normalized spacial score (nSPS) is 13.5. The molecule has 0 bridgehead atoms. The molecule has 0 rings (SSSR count). The first-order chi connectivity index (χ1) is 7.40. The van der Waals surface area contributed by atoms with Gasteiger partial charge in [0.05, 0.1) is 19.5 Å². The molecule has 17 heavy (non-hydrogen) atoms. The lowest BCUT2D eigenvalue weighted by molar-refractivity contribution is -0.896. The van der Waals surface area contributed by atoms with Crippen molar-refractivity contribution in [1.82, 2.24) is 0 Å². The molecule has 0 amide bonds. The molecule has 0 aromatic rings. The van der Waals surface area contributed by atoms with Gasteiger partial charge in [-0.2, -0.15) is 8.42 Å². The summed E-state index contributed by atoms with van der Waals surface area (Å²) >= 11 is 0. The van der Waals surface area contributed by atoms with Crippen LogP contribution in [0.2, 0.25) is 0 Å². The molecule has 0 saturated heterocycles. The second-order valence-electron chi connectivity index (χ2n) is 5.45. The molecule has 0 aliphatic carbocycles. The summed E-state index contributed by atoms with van der Waals surface area (Å²) in [4.78, 5) is 11.7. The van der Waals surface area contributed by atoms with Gasteiger partial charge in [0.15, 0.2) is 0 Å². The van der Waals surface area contributed by atoms with E-state index in [-0.39, 0.29) is 17.2 Å². The minimum atomic E-state index is -4.09. The first-order valence-corrected chi connectivity index (χ1v) is 6.95. The lowest BCUT2D eigenvalue weighted by Gasteiger charge is -2.29. The molecule has 0 radical (unpaired) electrons. The van der Waals surface area contributed by atoms with Crippen LogP contribution in [0, 0.1) is 5.41 Å². The van der Waals surface area contributed by atoms with E-state index < -0.39 is 21.4 Å². The highest BCUT2D eigenvalue weighted by Gasteiger charge is 2.30. The third kappa shape index (κ3) is 6.60. The lowest BCUT2D eigenvalue weighted by Crippen LogP contribution is -2.46. The third-order valence-corrected chi connectivity index (χ3v) is 3.52. The van der Waals surface area contributed by atoms with Crippen LogP contribution in [0.1, 0.15) is 27.2 Å². The highest BCUT2D eigenvalue weighted by Crippen LogP contribution is 2.21. The maximum absolute atomic E-state index is 11.7. The van der Waals surface area contributed by atoms with Crippen LogP contribution >= 0.6 is 0 Å². The number of nitrogens with zero attached hydrogens (tertiary/aromatic N) is 1. The summed E-state index contributed by atoms with van der Waals surface area (Å²) in [6.45, 7) is 5.30. The summed E-state index contributed by atoms with van der Waals surface area (Å²) in [6, 6.07) is 0.